The van der Waals surface area contributed by atoms with Crippen LogP contribution in [0.3, 0.4) is 0 Å². The molecule has 1 aromatic heterocycles. The molecule has 4 nitrogen and oxygen atoms in total. The number of anilines is 1. The lowest BCUT2D eigenvalue weighted by molar-refractivity contribution is -0.383. The van der Waals surface area contributed by atoms with Crippen LogP contribution in [-0.4, -0.2) is 4.92 Å². The lowest BCUT2D eigenvalue weighted by Gasteiger charge is -2.06. The molecule has 0 spiro atoms. The van der Waals surface area contributed by atoms with Gasteiger partial charge in [-0.05, 0) is 23.6 Å². The molecule has 0 aliphatic carbocycles. The third-order valence-corrected chi connectivity index (χ3v) is 3.38. The number of nitro groups is 1. The Morgan fingerprint density at radius 3 is 2.82 bits per heavy atom. The second-order valence-electron chi connectivity index (χ2n) is 3.33. The van der Waals surface area contributed by atoms with Crippen LogP contribution >= 0.6 is 22.9 Å². The first kappa shape index (κ1) is 11.9. The van der Waals surface area contributed by atoms with E-state index in [1.165, 1.54) is 6.07 Å². The summed E-state index contributed by atoms with van der Waals surface area (Å²) in [6.45, 7) is 0.554. The Balaban J connectivity index is 2.21. The lowest BCUT2D eigenvalue weighted by atomic mass is 10.2. The number of nitrogens with zero attached hydrogens (tertiary/aromatic N) is 1. The maximum Gasteiger partial charge on any atom is 0.310 e. The van der Waals surface area contributed by atoms with Crippen molar-refractivity contribution in [2.24, 2.45) is 0 Å². The first-order chi connectivity index (χ1) is 8.18. The minimum atomic E-state index is -0.473. The average molecular weight is 269 g/mol. The summed E-state index contributed by atoms with van der Waals surface area (Å²) in [7, 11) is 0. The smallest absolute Gasteiger partial charge is 0.310 e. The van der Waals surface area contributed by atoms with Crippen molar-refractivity contribution in [2.45, 2.75) is 6.54 Å². The first-order valence-corrected chi connectivity index (χ1v) is 6.13. The van der Waals surface area contributed by atoms with Crippen molar-refractivity contribution in [3.05, 3.63) is 55.7 Å². The SMILES string of the molecule is O=[N+]([O-])c1c(Cl)cccc1NCc1cccs1. The van der Waals surface area contributed by atoms with Crippen LogP contribution in [0.5, 0.6) is 0 Å². The molecule has 1 N–H and O–H groups in total. The number of rotatable bonds is 4. The summed E-state index contributed by atoms with van der Waals surface area (Å²) in [6.07, 6.45) is 0. The normalized spacial score (nSPS) is 10.2. The minimum Gasteiger partial charge on any atom is -0.375 e. The van der Waals surface area contributed by atoms with Crippen molar-refractivity contribution in [1.29, 1.82) is 0 Å². The highest BCUT2D eigenvalue weighted by atomic mass is 35.5. The van der Waals surface area contributed by atoms with E-state index in [0.717, 1.165) is 4.88 Å². The van der Waals surface area contributed by atoms with Crippen LogP contribution in [-0.2, 0) is 6.54 Å². The summed E-state index contributed by atoms with van der Waals surface area (Å²) in [5.41, 5.74) is 0.363. The molecule has 6 heteroatoms. The van der Waals surface area contributed by atoms with E-state index in [9.17, 15) is 10.1 Å². The van der Waals surface area contributed by atoms with Crippen molar-refractivity contribution < 1.29 is 4.92 Å². The molecule has 0 aliphatic heterocycles. The minimum absolute atomic E-state index is 0.0780. The van der Waals surface area contributed by atoms with Gasteiger partial charge >= 0.3 is 5.69 Å². The van der Waals surface area contributed by atoms with E-state index in [-0.39, 0.29) is 10.7 Å². The van der Waals surface area contributed by atoms with Crippen molar-refractivity contribution >= 4 is 34.3 Å². The summed E-state index contributed by atoms with van der Waals surface area (Å²) in [6, 6.07) is 8.75. The predicted octanol–water partition coefficient (Wildman–Crippen LogP) is 3.92. The molecule has 88 valence electrons. The lowest BCUT2D eigenvalue weighted by Crippen LogP contribution is -2.01. The Kier molecular flexibility index (Phi) is 3.61. The van der Waals surface area contributed by atoms with Gasteiger partial charge in [-0.25, -0.2) is 0 Å². The van der Waals surface area contributed by atoms with Gasteiger partial charge in [0.1, 0.15) is 10.7 Å². The van der Waals surface area contributed by atoms with Crippen LogP contribution < -0.4 is 5.32 Å². The number of hydrogen-bond acceptors (Lipinski definition) is 4. The molecule has 0 radical (unpaired) electrons. The molecule has 0 atom stereocenters. The van der Waals surface area contributed by atoms with Gasteiger partial charge in [-0.2, -0.15) is 0 Å². The molecule has 0 unspecified atom stereocenters. The van der Waals surface area contributed by atoms with Gasteiger partial charge in [0.25, 0.3) is 0 Å². The third-order valence-electron chi connectivity index (χ3n) is 2.20. The predicted molar refractivity (Wildman–Crippen MR) is 69.8 cm³/mol. The van der Waals surface area contributed by atoms with Gasteiger partial charge in [0.05, 0.1) is 4.92 Å². The zero-order valence-corrected chi connectivity index (χ0v) is 10.3. The molecule has 0 fully saturated rings. The van der Waals surface area contributed by atoms with Gasteiger partial charge in [0.15, 0.2) is 0 Å². The third kappa shape index (κ3) is 2.75. The second-order valence-corrected chi connectivity index (χ2v) is 4.77. The number of nitrogens with one attached hydrogen (secondary N) is 1. The number of thiophene rings is 1. The summed E-state index contributed by atoms with van der Waals surface area (Å²) >= 11 is 7.40. The molecule has 17 heavy (non-hydrogen) atoms. The maximum atomic E-state index is 10.9. The number of nitro benzene ring substituents is 1. The highest BCUT2D eigenvalue weighted by Gasteiger charge is 2.17. The molecule has 0 aliphatic rings. The van der Waals surface area contributed by atoms with E-state index in [1.54, 1.807) is 23.5 Å². The number of benzene rings is 1. The van der Waals surface area contributed by atoms with E-state index in [1.807, 2.05) is 17.5 Å². The summed E-state index contributed by atoms with van der Waals surface area (Å²) in [5, 5.41) is 16.0. The zero-order valence-electron chi connectivity index (χ0n) is 8.72. The number of para-hydroxylation sites is 1. The van der Waals surface area contributed by atoms with Gasteiger partial charge in [-0.1, -0.05) is 23.7 Å². The van der Waals surface area contributed by atoms with E-state index in [2.05, 4.69) is 5.32 Å². The van der Waals surface area contributed by atoms with Crippen molar-refractivity contribution in [3.8, 4) is 0 Å². The summed E-state index contributed by atoms with van der Waals surface area (Å²) in [5.74, 6) is 0. The second kappa shape index (κ2) is 5.16. The van der Waals surface area contributed by atoms with Gasteiger partial charge in [-0.3, -0.25) is 10.1 Å². The fourth-order valence-corrected chi connectivity index (χ4v) is 2.33. The molecule has 2 rings (SSSR count). The van der Waals surface area contributed by atoms with Crippen LogP contribution in [0.4, 0.5) is 11.4 Å². The van der Waals surface area contributed by atoms with Crippen LogP contribution in [0.15, 0.2) is 35.7 Å². The summed E-state index contributed by atoms with van der Waals surface area (Å²) in [4.78, 5) is 11.5. The van der Waals surface area contributed by atoms with E-state index in [0.29, 0.717) is 12.2 Å². The number of halogens is 1. The molecule has 2 aromatic rings. The number of hydrogen-bond donors (Lipinski definition) is 1. The fraction of sp³-hybridized carbons (Fsp3) is 0.0909. The fourth-order valence-electron chi connectivity index (χ4n) is 1.44. The molecule has 1 heterocycles. The van der Waals surface area contributed by atoms with E-state index >= 15 is 0 Å². The Hall–Kier alpha value is -1.59. The molecule has 0 saturated carbocycles. The highest BCUT2D eigenvalue weighted by molar-refractivity contribution is 7.09. The first-order valence-electron chi connectivity index (χ1n) is 4.87. The van der Waals surface area contributed by atoms with Crippen molar-refractivity contribution in [3.63, 3.8) is 0 Å². The van der Waals surface area contributed by atoms with Gasteiger partial charge in [-0.15, -0.1) is 11.3 Å². The molecular weight excluding hydrogens is 260 g/mol. The quantitative estimate of drug-likeness (QED) is 0.675. The van der Waals surface area contributed by atoms with Crippen LogP contribution in [0, 0.1) is 10.1 Å². The van der Waals surface area contributed by atoms with Gasteiger partial charge < -0.3 is 5.32 Å². The van der Waals surface area contributed by atoms with Gasteiger partial charge in [0.2, 0.25) is 0 Å². The van der Waals surface area contributed by atoms with Gasteiger partial charge in [0, 0.05) is 11.4 Å². The van der Waals surface area contributed by atoms with Crippen LogP contribution in [0.25, 0.3) is 0 Å². The maximum absolute atomic E-state index is 10.9. The van der Waals surface area contributed by atoms with E-state index in [4.69, 9.17) is 11.6 Å². The molecule has 0 bridgehead atoms. The largest absolute Gasteiger partial charge is 0.375 e. The van der Waals surface area contributed by atoms with Crippen LogP contribution in [0.2, 0.25) is 5.02 Å². The topological polar surface area (TPSA) is 55.2 Å². The molecule has 1 aromatic carbocycles. The Morgan fingerprint density at radius 1 is 1.35 bits per heavy atom. The van der Waals surface area contributed by atoms with E-state index < -0.39 is 4.92 Å². The van der Waals surface area contributed by atoms with Crippen LogP contribution in [0.1, 0.15) is 4.88 Å². The Bertz CT molecular complexity index is 528. The molecule has 0 saturated heterocycles. The average Bonchev–Trinajstić information content (AvgIpc) is 2.78. The van der Waals surface area contributed by atoms with Crippen molar-refractivity contribution in [1.82, 2.24) is 0 Å². The Morgan fingerprint density at radius 2 is 2.18 bits per heavy atom. The Labute approximate surface area is 107 Å². The monoisotopic (exact) mass is 268 g/mol. The highest BCUT2D eigenvalue weighted by Crippen LogP contribution is 2.32. The van der Waals surface area contributed by atoms with Crippen molar-refractivity contribution in [2.75, 3.05) is 5.32 Å². The molecule has 0 amide bonds. The standard InChI is InChI=1S/C11H9ClN2O2S/c12-9-4-1-5-10(11(9)14(15)16)13-7-8-3-2-6-17-8/h1-6,13H,7H2. The molecular formula is C11H9ClN2O2S. The summed E-state index contributed by atoms with van der Waals surface area (Å²) < 4.78 is 0. The zero-order chi connectivity index (χ0) is 12.3.